The first-order valence-electron chi connectivity index (χ1n) is 9.94. The lowest BCUT2D eigenvalue weighted by Gasteiger charge is -2.16. The summed E-state index contributed by atoms with van der Waals surface area (Å²) in [5.41, 5.74) is 2.23. The summed E-state index contributed by atoms with van der Waals surface area (Å²) in [6.07, 6.45) is 9.03. The third-order valence-corrected chi connectivity index (χ3v) is 6.34. The Bertz CT molecular complexity index is 750. The second-order valence-electron chi connectivity index (χ2n) is 7.38. The first-order valence-corrected chi connectivity index (χ1v) is 10.9. The second-order valence-corrected chi connectivity index (χ2v) is 8.32. The van der Waals surface area contributed by atoms with Gasteiger partial charge in [0, 0.05) is 12.6 Å². The fraction of sp³-hybridized carbons (Fsp3) is 0.524. The maximum atomic E-state index is 12.3. The first-order chi connectivity index (χ1) is 13.3. The quantitative estimate of drug-likeness (QED) is 0.735. The average molecular weight is 386 g/mol. The Balaban J connectivity index is 1.47. The number of rotatable bonds is 7. The zero-order valence-corrected chi connectivity index (χ0v) is 16.4. The zero-order valence-electron chi connectivity index (χ0n) is 15.6. The van der Waals surface area contributed by atoms with Crippen LogP contribution in [0.25, 0.3) is 11.3 Å². The minimum atomic E-state index is 0.111. The van der Waals surface area contributed by atoms with E-state index in [1.54, 1.807) is 0 Å². The Morgan fingerprint density at radius 2 is 2.00 bits per heavy atom. The highest BCUT2D eigenvalue weighted by Crippen LogP contribution is 2.28. The van der Waals surface area contributed by atoms with E-state index < -0.39 is 0 Å². The number of ether oxygens (including phenoxy) is 1. The number of hydrogen-bond donors (Lipinski definition) is 1. The van der Waals surface area contributed by atoms with Gasteiger partial charge >= 0.3 is 0 Å². The Morgan fingerprint density at radius 1 is 1.19 bits per heavy atom. The Kier molecular flexibility index (Phi) is 6.14. The molecule has 144 valence electrons. The van der Waals surface area contributed by atoms with Gasteiger partial charge in [0.25, 0.3) is 0 Å². The largest absolute Gasteiger partial charge is 0.376 e. The molecule has 1 aliphatic carbocycles. The van der Waals surface area contributed by atoms with Crippen LogP contribution >= 0.6 is 11.8 Å². The summed E-state index contributed by atoms with van der Waals surface area (Å²) in [7, 11) is 0. The van der Waals surface area contributed by atoms with E-state index in [0.717, 1.165) is 55.2 Å². The van der Waals surface area contributed by atoms with Crippen LogP contribution in [0.5, 0.6) is 0 Å². The van der Waals surface area contributed by atoms with Gasteiger partial charge < -0.3 is 14.6 Å². The Hall–Kier alpha value is -1.79. The van der Waals surface area contributed by atoms with Crippen molar-refractivity contribution in [3.05, 3.63) is 36.5 Å². The monoisotopic (exact) mass is 385 g/mol. The molecule has 1 atom stereocenters. The fourth-order valence-electron chi connectivity index (χ4n) is 3.95. The molecule has 4 rings (SSSR count). The van der Waals surface area contributed by atoms with E-state index in [0.29, 0.717) is 11.8 Å². The van der Waals surface area contributed by atoms with E-state index in [4.69, 9.17) is 4.74 Å². The fourth-order valence-corrected chi connectivity index (χ4v) is 4.75. The highest BCUT2D eigenvalue weighted by molar-refractivity contribution is 7.99. The number of carbonyl (C=O) groups excluding carboxylic acids is 1. The zero-order chi connectivity index (χ0) is 18.5. The van der Waals surface area contributed by atoms with Gasteiger partial charge in [-0.1, -0.05) is 54.9 Å². The molecule has 2 aromatic rings. The van der Waals surface area contributed by atoms with Crippen molar-refractivity contribution in [1.29, 1.82) is 0 Å². The highest BCUT2D eigenvalue weighted by atomic mass is 32.2. The molecule has 2 heterocycles. The van der Waals surface area contributed by atoms with Gasteiger partial charge in [0.15, 0.2) is 5.16 Å². The Labute approximate surface area is 164 Å². The third-order valence-electron chi connectivity index (χ3n) is 5.35. The maximum absolute atomic E-state index is 12.3. The number of hydrogen-bond acceptors (Lipinski definition) is 4. The molecule has 1 N–H and O–H groups in total. The molecule has 1 saturated carbocycles. The van der Waals surface area contributed by atoms with E-state index in [-0.39, 0.29) is 12.0 Å². The molecule has 0 radical (unpaired) electrons. The smallest absolute Gasteiger partial charge is 0.230 e. The lowest BCUT2D eigenvalue weighted by atomic mass is 10.1. The summed E-state index contributed by atoms with van der Waals surface area (Å²) in [6.45, 7) is 1.63. The van der Waals surface area contributed by atoms with E-state index >= 15 is 0 Å². The molecule has 0 bridgehead atoms. The van der Waals surface area contributed by atoms with Crippen LogP contribution in [-0.4, -0.2) is 40.0 Å². The van der Waals surface area contributed by atoms with Crippen LogP contribution in [0.4, 0.5) is 0 Å². The molecule has 6 heteroatoms. The van der Waals surface area contributed by atoms with Gasteiger partial charge in [-0.3, -0.25) is 4.79 Å². The molecule has 1 aromatic carbocycles. The number of amides is 1. The van der Waals surface area contributed by atoms with Crippen LogP contribution in [0.1, 0.15) is 38.5 Å². The highest BCUT2D eigenvalue weighted by Gasteiger charge is 2.22. The molecule has 5 nitrogen and oxygen atoms in total. The van der Waals surface area contributed by atoms with Gasteiger partial charge in [-0.2, -0.15) is 0 Å². The van der Waals surface area contributed by atoms with Gasteiger partial charge in [-0.25, -0.2) is 4.98 Å². The van der Waals surface area contributed by atoms with Crippen molar-refractivity contribution in [2.75, 3.05) is 12.4 Å². The molecule has 2 aliphatic rings. The van der Waals surface area contributed by atoms with Crippen molar-refractivity contribution in [2.45, 2.75) is 62.4 Å². The van der Waals surface area contributed by atoms with Crippen molar-refractivity contribution < 1.29 is 9.53 Å². The van der Waals surface area contributed by atoms with E-state index in [2.05, 4.69) is 27.0 Å². The summed E-state index contributed by atoms with van der Waals surface area (Å²) in [5.74, 6) is 0.521. The molecular weight excluding hydrogens is 358 g/mol. The number of carbonyl (C=O) groups is 1. The minimum Gasteiger partial charge on any atom is -0.376 e. The van der Waals surface area contributed by atoms with Crippen LogP contribution in [0.2, 0.25) is 0 Å². The number of benzene rings is 1. The van der Waals surface area contributed by atoms with Gasteiger partial charge in [0.05, 0.1) is 30.3 Å². The van der Waals surface area contributed by atoms with E-state index in [1.165, 1.54) is 24.6 Å². The summed E-state index contributed by atoms with van der Waals surface area (Å²) in [4.78, 5) is 16.9. The molecule has 1 amide bonds. The molecule has 1 saturated heterocycles. The molecule has 1 aromatic heterocycles. The molecular formula is C21H27N3O2S. The first kappa shape index (κ1) is 18.6. The van der Waals surface area contributed by atoms with Gasteiger partial charge in [0.2, 0.25) is 5.91 Å². The van der Waals surface area contributed by atoms with Gasteiger partial charge in [0.1, 0.15) is 0 Å². The summed E-state index contributed by atoms with van der Waals surface area (Å²) < 4.78 is 8.07. The standard InChI is InChI=1S/C21H27N3O2S/c25-20(23-17-9-4-5-10-17)15-27-21-22-13-19(16-7-2-1-3-8-16)24(21)14-18-11-6-12-26-18/h1-3,7-8,13,17-18H,4-6,9-12,14-15H2,(H,23,25)/t18-/m1/s1. The minimum absolute atomic E-state index is 0.111. The summed E-state index contributed by atoms with van der Waals surface area (Å²) >= 11 is 1.52. The van der Waals surface area contributed by atoms with Crippen molar-refractivity contribution in [3.63, 3.8) is 0 Å². The lowest BCUT2D eigenvalue weighted by Crippen LogP contribution is -2.33. The Morgan fingerprint density at radius 3 is 2.74 bits per heavy atom. The normalized spacial score (nSPS) is 20.2. The average Bonchev–Trinajstić information content (AvgIpc) is 3.44. The summed E-state index contributed by atoms with van der Waals surface area (Å²) in [5, 5.41) is 4.05. The number of nitrogens with one attached hydrogen (secondary N) is 1. The van der Waals surface area contributed by atoms with Crippen molar-refractivity contribution >= 4 is 17.7 Å². The van der Waals surface area contributed by atoms with Crippen molar-refractivity contribution in [1.82, 2.24) is 14.9 Å². The van der Waals surface area contributed by atoms with Gasteiger partial charge in [-0.05, 0) is 31.2 Å². The van der Waals surface area contributed by atoms with Crippen LogP contribution in [-0.2, 0) is 16.1 Å². The molecule has 27 heavy (non-hydrogen) atoms. The molecule has 0 spiro atoms. The topological polar surface area (TPSA) is 56.2 Å². The van der Waals surface area contributed by atoms with E-state index in [1.807, 2.05) is 24.4 Å². The number of nitrogens with zero attached hydrogens (tertiary/aromatic N) is 2. The number of imidazole rings is 1. The summed E-state index contributed by atoms with van der Waals surface area (Å²) in [6, 6.07) is 10.7. The third kappa shape index (κ3) is 4.74. The van der Waals surface area contributed by atoms with Crippen molar-refractivity contribution in [3.8, 4) is 11.3 Å². The van der Waals surface area contributed by atoms with Crippen molar-refractivity contribution in [2.24, 2.45) is 0 Å². The maximum Gasteiger partial charge on any atom is 0.230 e. The van der Waals surface area contributed by atoms with Crippen LogP contribution in [0.15, 0.2) is 41.7 Å². The molecule has 2 fully saturated rings. The lowest BCUT2D eigenvalue weighted by molar-refractivity contribution is -0.119. The number of aromatic nitrogens is 2. The number of thioether (sulfide) groups is 1. The van der Waals surface area contributed by atoms with E-state index in [9.17, 15) is 4.79 Å². The molecule has 0 unspecified atom stereocenters. The second kappa shape index (κ2) is 8.93. The van der Waals surface area contributed by atoms with Gasteiger partial charge in [-0.15, -0.1) is 0 Å². The van der Waals surface area contributed by atoms with Crippen LogP contribution in [0.3, 0.4) is 0 Å². The molecule has 1 aliphatic heterocycles. The van der Waals surface area contributed by atoms with Crippen LogP contribution < -0.4 is 5.32 Å². The SMILES string of the molecule is O=C(CSc1ncc(-c2ccccc2)n1C[C@H]1CCCO1)NC1CCCC1. The van der Waals surface area contributed by atoms with Crippen LogP contribution in [0, 0.1) is 0 Å². The predicted octanol–water partition coefficient (Wildman–Crippen LogP) is 3.88. The predicted molar refractivity (Wildman–Crippen MR) is 108 cm³/mol.